The van der Waals surface area contributed by atoms with Crippen LogP contribution in [0.1, 0.15) is 20.8 Å². The van der Waals surface area contributed by atoms with E-state index in [0.29, 0.717) is 0 Å². The van der Waals surface area contributed by atoms with Gasteiger partial charge in [0, 0.05) is 11.4 Å². The van der Waals surface area contributed by atoms with E-state index in [0.717, 1.165) is 22.2 Å². The lowest BCUT2D eigenvalue weighted by Crippen LogP contribution is -2.19. The number of hydrogen-bond acceptors (Lipinski definition) is 6. The summed E-state index contributed by atoms with van der Waals surface area (Å²) in [5.41, 5.74) is 1.03. The molecule has 1 aromatic rings. The van der Waals surface area contributed by atoms with Crippen LogP contribution >= 0.6 is 11.8 Å². The monoisotopic (exact) mass is 347 g/mol. The Morgan fingerprint density at radius 1 is 1.08 bits per heavy atom. The maximum atomic E-state index is 12.0. The van der Waals surface area contributed by atoms with E-state index in [1.54, 1.807) is 31.7 Å². The number of carbonyl (C=O) groups is 2. The zero-order valence-corrected chi connectivity index (χ0v) is 14.9. The standard InChI is InChI=1S/C18H21NO4S/c1-4-19-14-9-7-8-10-15(14)24-16(19)12-11-13(17(20)22-5-2)18(21)23-6-3/h7-12H,4-6H2,1-3H3. The second-order valence-electron chi connectivity index (χ2n) is 4.84. The Morgan fingerprint density at radius 3 is 2.29 bits per heavy atom. The van der Waals surface area contributed by atoms with Crippen LogP contribution in [-0.2, 0) is 19.1 Å². The van der Waals surface area contributed by atoms with E-state index in [1.165, 1.54) is 6.08 Å². The molecule has 1 aliphatic heterocycles. The van der Waals surface area contributed by atoms with Gasteiger partial charge < -0.3 is 14.4 Å². The first-order chi connectivity index (χ1) is 11.6. The topological polar surface area (TPSA) is 55.8 Å². The fraction of sp³-hybridized carbons (Fsp3) is 0.333. The van der Waals surface area contributed by atoms with E-state index in [2.05, 4.69) is 11.8 Å². The molecule has 0 radical (unpaired) electrons. The molecule has 0 N–H and O–H groups in total. The Labute approximate surface area is 146 Å². The second kappa shape index (κ2) is 8.59. The Kier molecular flexibility index (Phi) is 6.49. The van der Waals surface area contributed by atoms with Crippen molar-refractivity contribution < 1.29 is 19.1 Å². The van der Waals surface area contributed by atoms with Crippen molar-refractivity contribution in [1.82, 2.24) is 0 Å². The first-order valence-corrected chi connectivity index (χ1v) is 8.74. The number of benzene rings is 1. The molecule has 24 heavy (non-hydrogen) atoms. The Hall–Kier alpha value is -2.21. The summed E-state index contributed by atoms with van der Waals surface area (Å²) in [6.45, 7) is 6.64. The lowest BCUT2D eigenvalue weighted by molar-refractivity contribution is -0.146. The third-order valence-electron chi connectivity index (χ3n) is 3.34. The third kappa shape index (κ3) is 4.00. The molecular weight excluding hydrogens is 326 g/mol. The lowest BCUT2D eigenvalue weighted by Gasteiger charge is -2.17. The first-order valence-electron chi connectivity index (χ1n) is 7.92. The molecule has 0 amide bonds. The predicted molar refractivity (Wildman–Crippen MR) is 94.8 cm³/mol. The molecule has 128 valence electrons. The summed E-state index contributed by atoms with van der Waals surface area (Å²) >= 11 is 1.60. The van der Waals surface area contributed by atoms with Gasteiger partial charge in [-0.15, -0.1) is 0 Å². The number of allylic oxidation sites excluding steroid dienone is 2. The highest BCUT2D eigenvalue weighted by atomic mass is 32.2. The van der Waals surface area contributed by atoms with Gasteiger partial charge in [-0.1, -0.05) is 23.9 Å². The zero-order valence-electron chi connectivity index (χ0n) is 14.1. The van der Waals surface area contributed by atoms with Crippen LogP contribution in [0.15, 0.2) is 51.9 Å². The second-order valence-corrected chi connectivity index (χ2v) is 5.90. The van der Waals surface area contributed by atoms with E-state index in [-0.39, 0.29) is 18.8 Å². The Morgan fingerprint density at radius 2 is 1.71 bits per heavy atom. The third-order valence-corrected chi connectivity index (χ3v) is 4.47. The van der Waals surface area contributed by atoms with Crippen molar-refractivity contribution >= 4 is 29.4 Å². The van der Waals surface area contributed by atoms with E-state index < -0.39 is 11.9 Å². The largest absolute Gasteiger partial charge is 0.462 e. The number of para-hydroxylation sites is 1. The maximum Gasteiger partial charge on any atom is 0.345 e. The van der Waals surface area contributed by atoms with E-state index in [1.807, 2.05) is 24.3 Å². The Balaban J connectivity index is 2.31. The molecule has 0 bridgehead atoms. The molecule has 0 saturated heterocycles. The summed E-state index contributed by atoms with van der Waals surface area (Å²) in [6.07, 6.45) is 3.24. The van der Waals surface area contributed by atoms with Crippen molar-refractivity contribution in [2.24, 2.45) is 0 Å². The van der Waals surface area contributed by atoms with Gasteiger partial charge in [0.15, 0.2) is 0 Å². The van der Waals surface area contributed by atoms with Gasteiger partial charge in [-0.25, -0.2) is 9.59 Å². The lowest BCUT2D eigenvalue weighted by atomic mass is 10.2. The van der Waals surface area contributed by atoms with Crippen LogP contribution in [-0.4, -0.2) is 31.7 Å². The van der Waals surface area contributed by atoms with Gasteiger partial charge in [0.05, 0.1) is 23.9 Å². The molecule has 5 nitrogen and oxygen atoms in total. The molecule has 0 atom stereocenters. The van der Waals surface area contributed by atoms with Crippen LogP contribution in [0, 0.1) is 0 Å². The number of fused-ring (bicyclic) bond motifs is 1. The normalized spacial score (nSPS) is 14.3. The van der Waals surface area contributed by atoms with Gasteiger partial charge in [-0.2, -0.15) is 0 Å². The summed E-state index contributed by atoms with van der Waals surface area (Å²) in [7, 11) is 0. The highest BCUT2D eigenvalue weighted by Crippen LogP contribution is 2.45. The molecule has 0 spiro atoms. The number of thioether (sulfide) groups is 1. The maximum absolute atomic E-state index is 12.0. The predicted octanol–water partition coefficient (Wildman–Crippen LogP) is 3.51. The Bertz CT molecular complexity index is 661. The van der Waals surface area contributed by atoms with E-state index in [9.17, 15) is 9.59 Å². The number of rotatable bonds is 6. The summed E-state index contributed by atoms with van der Waals surface area (Å²) in [6, 6.07) is 8.07. The number of nitrogens with zero attached hydrogens (tertiary/aromatic N) is 1. The molecule has 1 heterocycles. The summed E-state index contributed by atoms with van der Waals surface area (Å²) in [4.78, 5) is 27.3. The molecule has 1 aromatic carbocycles. The molecule has 0 saturated carbocycles. The van der Waals surface area contributed by atoms with Crippen molar-refractivity contribution in [3.05, 3.63) is 47.0 Å². The van der Waals surface area contributed by atoms with Crippen molar-refractivity contribution in [3.8, 4) is 0 Å². The quantitative estimate of drug-likeness (QED) is 0.340. The van der Waals surface area contributed by atoms with Crippen LogP contribution in [0.3, 0.4) is 0 Å². The van der Waals surface area contributed by atoms with E-state index in [4.69, 9.17) is 9.47 Å². The zero-order chi connectivity index (χ0) is 17.5. The van der Waals surface area contributed by atoms with Gasteiger partial charge in [-0.05, 0) is 45.1 Å². The van der Waals surface area contributed by atoms with Crippen LogP contribution < -0.4 is 4.90 Å². The van der Waals surface area contributed by atoms with E-state index >= 15 is 0 Å². The highest BCUT2D eigenvalue weighted by molar-refractivity contribution is 8.03. The summed E-state index contributed by atoms with van der Waals surface area (Å²) < 4.78 is 9.89. The average Bonchev–Trinajstić information content (AvgIpc) is 2.93. The molecule has 6 heteroatoms. The molecule has 0 aliphatic carbocycles. The first kappa shape index (κ1) is 18.1. The molecule has 0 fully saturated rings. The minimum atomic E-state index is -0.670. The van der Waals surface area contributed by atoms with Gasteiger partial charge in [0.2, 0.25) is 0 Å². The fourth-order valence-corrected chi connectivity index (χ4v) is 3.42. The van der Waals surface area contributed by atoms with Crippen molar-refractivity contribution in [3.63, 3.8) is 0 Å². The highest BCUT2D eigenvalue weighted by Gasteiger charge is 2.24. The average molecular weight is 347 g/mol. The van der Waals surface area contributed by atoms with Gasteiger partial charge in [0.1, 0.15) is 5.57 Å². The smallest absolute Gasteiger partial charge is 0.345 e. The fourth-order valence-electron chi connectivity index (χ4n) is 2.29. The van der Waals surface area contributed by atoms with Crippen LogP contribution in [0.4, 0.5) is 5.69 Å². The molecule has 2 rings (SSSR count). The summed E-state index contributed by atoms with van der Waals surface area (Å²) in [5, 5.41) is 0.949. The molecule has 1 aliphatic rings. The van der Waals surface area contributed by atoms with Crippen molar-refractivity contribution in [2.45, 2.75) is 25.7 Å². The minimum Gasteiger partial charge on any atom is -0.462 e. The van der Waals surface area contributed by atoms with Crippen LogP contribution in [0.25, 0.3) is 0 Å². The van der Waals surface area contributed by atoms with Crippen molar-refractivity contribution in [2.75, 3.05) is 24.7 Å². The molecule has 0 aromatic heterocycles. The number of ether oxygens (including phenoxy) is 2. The number of carbonyl (C=O) groups excluding carboxylic acids is 2. The summed E-state index contributed by atoms with van der Waals surface area (Å²) in [5.74, 6) is -1.34. The van der Waals surface area contributed by atoms with Gasteiger partial charge in [0.25, 0.3) is 0 Å². The number of esters is 2. The number of hydrogen-bond donors (Lipinski definition) is 0. The van der Waals surface area contributed by atoms with Crippen LogP contribution in [0.5, 0.6) is 0 Å². The number of anilines is 1. The molecule has 0 unspecified atom stereocenters. The van der Waals surface area contributed by atoms with Gasteiger partial charge in [-0.3, -0.25) is 0 Å². The van der Waals surface area contributed by atoms with Gasteiger partial charge >= 0.3 is 11.9 Å². The van der Waals surface area contributed by atoms with Crippen molar-refractivity contribution in [1.29, 1.82) is 0 Å². The molecular formula is C18H21NO4S. The SMILES string of the molecule is CCOC(=O)C(=CC=C1Sc2ccccc2N1CC)C(=O)OCC. The van der Waals surface area contributed by atoms with Crippen LogP contribution in [0.2, 0.25) is 0 Å². The minimum absolute atomic E-state index is 0.0983.